The lowest BCUT2D eigenvalue weighted by molar-refractivity contribution is 0.483. The van der Waals surface area contributed by atoms with E-state index >= 15 is 0 Å². The van der Waals surface area contributed by atoms with Crippen LogP contribution in [0.4, 0.5) is 8.78 Å². The van der Waals surface area contributed by atoms with Crippen molar-refractivity contribution in [3.8, 4) is 0 Å². The number of aryl methyl sites for hydroxylation is 1. The maximum absolute atomic E-state index is 13.2. The van der Waals surface area contributed by atoms with Crippen molar-refractivity contribution in [3.05, 3.63) is 57.8 Å². The number of rotatable bonds is 7. The fourth-order valence-corrected chi connectivity index (χ4v) is 3.00. The normalized spacial score (nSPS) is 12.6. The molecule has 0 saturated heterocycles. The molecule has 1 nitrogen and oxygen atoms in total. The number of thiophene rings is 1. The van der Waals surface area contributed by atoms with E-state index in [1.165, 1.54) is 17.7 Å². The second-order valence-corrected chi connectivity index (χ2v) is 5.66. The van der Waals surface area contributed by atoms with E-state index < -0.39 is 11.6 Å². The van der Waals surface area contributed by atoms with Crippen LogP contribution >= 0.6 is 11.3 Å². The molecule has 108 valence electrons. The average Bonchev–Trinajstić information content (AvgIpc) is 2.94. The average molecular weight is 295 g/mol. The molecule has 0 amide bonds. The van der Waals surface area contributed by atoms with Gasteiger partial charge >= 0.3 is 0 Å². The number of hydrogen-bond acceptors (Lipinski definition) is 2. The zero-order valence-electron chi connectivity index (χ0n) is 11.5. The highest BCUT2D eigenvalue weighted by molar-refractivity contribution is 7.07. The molecule has 2 rings (SSSR count). The summed E-state index contributed by atoms with van der Waals surface area (Å²) in [5, 5.41) is 7.64. The SMILES string of the molecule is CCNC(CCc1ccsc1)Cc1ccc(F)c(F)c1. The minimum Gasteiger partial charge on any atom is -0.314 e. The lowest BCUT2D eigenvalue weighted by Crippen LogP contribution is -2.31. The molecule has 0 spiro atoms. The first-order valence-corrected chi connectivity index (χ1v) is 7.81. The van der Waals surface area contributed by atoms with Crippen molar-refractivity contribution < 1.29 is 8.78 Å². The van der Waals surface area contributed by atoms with E-state index in [-0.39, 0.29) is 6.04 Å². The number of nitrogens with one attached hydrogen (secondary N) is 1. The van der Waals surface area contributed by atoms with Gasteiger partial charge in [0.15, 0.2) is 11.6 Å². The van der Waals surface area contributed by atoms with Crippen LogP contribution in [0, 0.1) is 11.6 Å². The third kappa shape index (κ3) is 4.39. The van der Waals surface area contributed by atoms with Crippen LogP contribution in [0.1, 0.15) is 24.5 Å². The quantitative estimate of drug-likeness (QED) is 0.808. The highest BCUT2D eigenvalue weighted by Crippen LogP contribution is 2.14. The van der Waals surface area contributed by atoms with Gasteiger partial charge in [0.1, 0.15) is 0 Å². The van der Waals surface area contributed by atoms with Gasteiger partial charge in [0.05, 0.1) is 0 Å². The summed E-state index contributed by atoms with van der Waals surface area (Å²) in [6, 6.07) is 6.57. The van der Waals surface area contributed by atoms with Gasteiger partial charge in [0, 0.05) is 6.04 Å². The molecular formula is C16H19F2NS. The van der Waals surface area contributed by atoms with Crippen LogP contribution in [-0.2, 0) is 12.8 Å². The highest BCUT2D eigenvalue weighted by atomic mass is 32.1. The number of hydrogen-bond donors (Lipinski definition) is 1. The van der Waals surface area contributed by atoms with Gasteiger partial charge in [-0.25, -0.2) is 8.78 Å². The fourth-order valence-electron chi connectivity index (χ4n) is 2.29. The highest BCUT2D eigenvalue weighted by Gasteiger charge is 2.11. The lowest BCUT2D eigenvalue weighted by atomic mass is 10.00. The van der Waals surface area contributed by atoms with Crippen LogP contribution in [0.3, 0.4) is 0 Å². The summed E-state index contributed by atoms with van der Waals surface area (Å²) in [5.41, 5.74) is 2.17. The van der Waals surface area contributed by atoms with Gasteiger partial charge in [-0.15, -0.1) is 0 Å². The molecule has 0 saturated carbocycles. The van der Waals surface area contributed by atoms with Gasteiger partial charge in [-0.05, 0) is 65.9 Å². The second kappa shape index (κ2) is 7.50. The molecule has 0 aliphatic carbocycles. The van der Waals surface area contributed by atoms with Crippen molar-refractivity contribution in [1.82, 2.24) is 5.32 Å². The summed E-state index contributed by atoms with van der Waals surface area (Å²) in [4.78, 5) is 0. The molecule has 1 heterocycles. The lowest BCUT2D eigenvalue weighted by Gasteiger charge is -2.18. The Bertz CT molecular complexity index is 525. The Hall–Kier alpha value is -1.26. The van der Waals surface area contributed by atoms with Crippen molar-refractivity contribution in [2.24, 2.45) is 0 Å². The number of halogens is 2. The zero-order valence-corrected chi connectivity index (χ0v) is 12.4. The Morgan fingerprint density at radius 3 is 2.65 bits per heavy atom. The number of benzene rings is 1. The second-order valence-electron chi connectivity index (χ2n) is 4.88. The van der Waals surface area contributed by atoms with E-state index in [0.717, 1.165) is 31.4 Å². The van der Waals surface area contributed by atoms with Crippen molar-refractivity contribution in [2.75, 3.05) is 6.54 Å². The Balaban J connectivity index is 1.95. The summed E-state index contributed by atoms with van der Waals surface area (Å²) in [5.74, 6) is -1.55. The molecule has 20 heavy (non-hydrogen) atoms. The maximum Gasteiger partial charge on any atom is 0.159 e. The monoisotopic (exact) mass is 295 g/mol. The minimum absolute atomic E-state index is 0.282. The van der Waals surface area contributed by atoms with Gasteiger partial charge in [-0.2, -0.15) is 11.3 Å². The van der Waals surface area contributed by atoms with E-state index in [9.17, 15) is 8.78 Å². The van der Waals surface area contributed by atoms with Crippen LogP contribution in [0.15, 0.2) is 35.0 Å². The molecule has 2 aromatic rings. The topological polar surface area (TPSA) is 12.0 Å². The van der Waals surface area contributed by atoms with Crippen molar-refractivity contribution in [3.63, 3.8) is 0 Å². The maximum atomic E-state index is 13.2. The Morgan fingerprint density at radius 1 is 1.15 bits per heavy atom. The standard InChI is InChI=1S/C16H19F2NS/c1-2-19-14(5-3-12-7-8-20-11-12)9-13-4-6-15(17)16(18)10-13/h4,6-8,10-11,14,19H,2-3,5,9H2,1H3. The third-order valence-corrected chi connectivity index (χ3v) is 4.05. The van der Waals surface area contributed by atoms with Crippen LogP contribution < -0.4 is 5.32 Å². The van der Waals surface area contributed by atoms with Gasteiger partial charge in [-0.3, -0.25) is 0 Å². The smallest absolute Gasteiger partial charge is 0.159 e. The van der Waals surface area contributed by atoms with Gasteiger partial charge in [-0.1, -0.05) is 13.0 Å². The molecule has 1 atom stereocenters. The van der Waals surface area contributed by atoms with Crippen molar-refractivity contribution in [2.45, 2.75) is 32.2 Å². The molecule has 0 aliphatic heterocycles. The van der Waals surface area contributed by atoms with Crippen LogP contribution in [-0.4, -0.2) is 12.6 Å². The van der Waals surface area contributed by atoms with Gasteiger partial charge in [0.25, 0.3) is 0 Å². The molecule has 0 bridgehead atoms. The molecule has 1 aromatic carbocycles. The third-order valence-electron chi connectivity index (χ3n) is 3.32. The molecule has 1 unspecified atom stereocenters. The molecule has 1 aromatic heterocycles. The first-order valence-electron chi connectivity index (χ1n) is 6.87. The summed E-state index contributed by atoms with van der Waals surface area (Å²) in [6.07, 6.45) is 2.71. The van der Waals surface area contributed by atoms with Gasteiger partial charge < -0.3 is 5.32 Å². The van der Waals surface area contributed by atoms with E-state index in [1.807, 2.05) is 0 Å². The molecule has 0 radical (unpaired) electrons. The Labute approximate surface area is 122 Å². The first kappa shape index (κ1) is 15.1. The summed E-state index contributed by atoms with van der Waals surface area (Å²) in [6.45, 7) is 2.93. The predicted molar refractivity (Wildman–Crippen MR) is 80.2 cm³/mol. The van der Waals surface area contributed by atoms with E-state index in [4.69, 9.17) is 0 Å². The molecule has 0 fully saturated rings. The summed E-state index contributed by atoms with van der Waals surface area (Å²) in [7, 11) is 0. The summed E-state index contributed by atoms with van der Waals surface area (Å²) < 4.78 is 26.2. The van der Waals surface area contributed by atoms with Crippen LogP contribution in [0.25, 0.3) is 0 Å². The Kier molecular flexibility index (Phi) is 5.68. The van der Waals surface area contributed by atoms with Crippen LogP contribution in [0.2, 0.25) is 0 Å². The van der Waals surface area contributed by atoms with Crippen molar-refractivity contribution >= 4 is 11.3 Å². The van der Waals surface area contributed by atoms with Crippen molar-refractivity contribution in [1.29, 1.82) is 0 Å². The largest absolute Gasteiger partial charge is 0.314 e. The summed E-state index contributed by atoms with van der Waals surface area (Å²) >= 11 is 1.70. The predicted octanol–water partition coefficient (Wildman–Crippen LogP) is 4.18. The molecule has 4 heteroatoms. The van der Waals surface area contributed by atoms with E-state index in [1.54, 1.807) is 17.4 Å². The Morgan fingerprint density at radius 2 is 2.00 bits per heavy atom. The van der Waals surface area contributed by atoms with E-state index in [0.29, 0.717) is 0 Å². The molecule has 0 aliphatic rings. The fraction of sp³-hybridized carbons (Fsp3) is 0.375. The van der Waals surface area contributed by atoms with Gasteiger partial charge in [0.2, 0.25) is 0 Å². The van der Waals surface area contributed by atoms with E-state index in [2.05, 4.69) is 29.1 Å². The van der Waals surface area contributed by atoms with Crippen LogP contribution in [0.5, 0.6) is 0 Å². The minimum atomic E-state index is -0.785. The molecular weight excluding hydrogens is 276 g/mol. The molecule has 1 N–H and O–H groups in total. The number of likely N-dealkylation sites (N-methyl/N-ethyl adjacent to an activating group) is 1. The zero-order chi connectivity index (χ0) is 14.4. The first-order chi connectivity index (χ1) is 9.69.